The summed E-state index contributed by atoms with van der Waals surface area (Å²) in [7, 11) is 1.40. The van der Waals surface area contributed by atoms with Gasteiger partial charge in [-0.2, -0.15) is 0 Å². The third-order valence-electron chi connectivity index (χ3n) is 4.42. The van der Waals surface area contributed by atoms with Crippen LogP contribution in [-0.2, 0) is 14.3 Å². The lowest BCUT2D eigenvalue weighted by molar-refractivity contribution is -0.140. The maximum absolute atomic E-state index is 12.0. The number of hydrogen-bond donors (Lipinski definition) is 1. The van der Waals surface area contributed by atoms with Gasteiger partial charge in [-0.3, -0.25) is 9.59 Å². The summed E-state index contributed by atoms with van der Waals surface area (Å²) in [5, 5.41) is 9.97. The van der Waals surface area contributed by atoms with Crippen LogP contribution in [0.2, 0.25) is 0 Å². The highest BCUT2D eigenvalue weighted by Gasteiger charge is 2.20. The number of esters is 1. The lowest BCUT2D eigenvalue weighted by Gasteiger charge is -2.08. The summed E-state index contributed by atoms with van der Waals surface area (Å²) in [6, 6.07) is 0. The molecule has 0 aromatic carbocycles. The van der Waals surface area contributed by atoms with Crippen LogP contribution in [0.1, 0.15) is 64.7 Å². The number of carbonyl (C=O) groups excluding carboxylic acids is 2. The highest BCUT2D eigenvalue weighted by molar-refractivity contribution is 6.07. The van der Waals surface area contributed by atoms with E-state index in [4.69, 9.17) is 0 Å². The molecule has 1 aliphatic carbocycles. The Morgan fingerprint density at radius 3 is 2.80 bits per heavy atom. The first-order valence-electron chi connectivity index (χ1n) is 9.44. The van der Waals surface area contributed by atoms with Crippen molar-refractivity contribution in [2.45, 2.75) is 70.8 Å². The zero-order valence-corrected chi connectivity index (χ0v) is 15.6. The summed E-state index contributed by atoms with van der Waals surface area (Å²) in [5.41, 5.74) is 0.796. The van der Waals surface area contributed by atoms with E-state index in [1.54, 1.807) is 6.08 Å². The van der Waals surface area contributed by atoms with Crippen LogP contribution in [0.25, 0.3) is 0 Å². The van der Waals surface area contributed by atoms with Crippen molar-refractivity contribution in [2.24, 2.45) is 5.92 Å². The second-order valence-corrected chi connectivity index (χ2v) is 6.53. The molecule has 0 aromatic heterocycles. The summed E-state index contributed by atoms with van der Waals surface area (Å²) in [6.07, 6.45) is 16.9. The molecule has 25 heavy (non-hydrogen) atoms. The van der Waals surface area contributed by atoms with Gasteiger partial charge in [-0.1, -0.05) is 56.9 Å². The van der Waals surface area contributed by atoms with E-state index in [9.17, 15) is 14.7 Å². The Kier molecular flexibility index (Phi) is 10.8. The van der Waals surface area contributed by atoms with Gasteiger partial charge in [0.05, 0.1) is 13.2 Å². The van der Waals surface area contributed by atoms with Crippen molar-refractivity contribution in [3.8, 4) is 0 Å². The van der Waals surface area contributed by atoms with Crippen LogP contribution in [0.3, 0.4) is 0 Å². The summed E-state index contributed by atoms with van der Waals surface area (Å²) >= 11 is 0. The average Bonchev–Trinajstić information content (AvgIpc) is 2.96. The van der Waals surface area contributed by atoms with Crippen LogP contribution >= 0.6 is 0 Å². The highest BCUT2D eigenvalue weighted by atomic mass is 16.5. The summed E-state index contributed by atoms with van der Waals surface area (Å²) in [5.74, 6) is -0.135. The van der Waals surface area contributed by atoms with Gasteiger partial charge in [0, 0.05) is 17.9 Å². The van der Waals surface area contributed by atoms with E-state index in [0.717, 1.165) is 56.9 Å². The first-order valence-corrected chi connectivity index (χ1v) is 9.44. The minimum atomic E-state index is -0.435. The minimum Gasteiger partial charge on any atom is -0.469 e. The lowest BCUT2D eigenvalue weighted by atomic mass is 9.98. The van der Waals surface area contributed by atoms with Crippen LogP contribution in [0, 0.1) is 5.92 Å². The normalized spacial score (nSPS) is 19.9. The maximum atomic E-state index is 12.0. The second-order valence-electron chi connectivity index (χ2n) is 6.53. The summed E-state index contributed by atoms with van der Waals surface area (Å²) in [6.45, 7) is 2.14. The molecule has 1 rings (SSSR count). The Hall–Kier alpha value is -1.68. The van der Waals surface area contributed by atoms with Gasteiger partial charge in [-0.15, -0.1) is 0 Å². The summed E-state index contributed by atoms with van der Waals surface area (Å²) in [4.78, 5) is 23.0. The van der Waals surface area contributed by atoms with Gasteiger partial charge in [-0.05, 0) is 31.8 Å². The van der Waals surface area contributed by atoms with Crippen LogP contribution < -0.4 is 0 Å². The number of carbonyl (C=O) groups is 2. The van der Waals surface area contributed by atoms with E-state index in [2.05, 4.69) is 11.7 Å². The molecule has 0 heterocycles. The van der Waals surface area contributed by atoms with Crippen molar-refractivity contribution in [3.05, 3.63) is 36.0 Å². The average molecular weight is 348 g/mol. The molecule has 0 aromatic rings. The van der Waals surface area contributed by atoms with Gasteiger partial charge in [0.25, 0.3) is 0 Å². The number of unbranched alkanes of at least 4 members (excludes halogenated alkanes) is 5. The maximum Gasteiger partial charge on any atom is 0.305 e. The highest BCUT2D eigenvalue weighted by Crippen LogP contribution is 2.24. The molecule has 0 spiro atoms. The zero-order chi connectivity index (χ0) is 18.5. The fourth-order valence-corrected chi connectivity index (χ4v) is 2.86. The molecule has 1 N–H and O–H groups in total. The molecular formula is C21H32O4. The molecule has 0 radical (unpaired) electrons. The van der Waals surface area contributed by atoms with Crippen molar-refractivity contribution < 1.29 is 19.4 Å². The lowest BCUT2D eigenvalue weighted by Crippen LogP contribution is -2.05. The quantitative estimate of drug-likeness (QED) is 0.247. The van der Waals surface area contributed by atoms with Crippen molar-refractivity contribution in [2.75, 3.05) is 7.11 Å². The monoisotopic (exact) mass is 348 g/mol. The fraction of sp³-hybridized carbons (Fsp3) is 0.619. The van der Waals surface area contributed by atoms with Gasteiger partial charge >= 0.3 is 5.97 Å². The van der Waals surface area contributed by atoms with Crippen molar-refractivity contribution in [1.29, 1.82) is 0 Å². The Labute approximate surface area is 151 Å². The molecule has 2 atom stereocenters. The molecule has 0 bridgehead atoms. The number of aliphatic hydroxyl groups excluding tert-OH is 1. The Balaban J connectivity index is 2.38. The van der Waals surface area contributed by atoms with Crippen LogP contribution in [0.4, 0.5) is 0 Å². The molecule has 0 saturated heterocycles. The summed E-state index contributed by atoms with van der Waals surface area (Å²) < 4.78 is 4.61. The standard InChI is InChI=1S/C21H32O4/c1-3-4-7-10-18(22)15-13-17-14-16-20(23)19(17)11-8-5-6-9-12-21(24)25-2/h11,13-18,22H,3-10,12H2,1-2H3/b15-13+,19-11+/t17-,18-/m0/s1. The molecule has 4 nitrogen and oxygen atoms in total. The number of hydrogen-bond acceptors (Lipinski definition) is 4. The van der Waals surface area contributed by atoms with Crippen molar-refractivity contribution >= 4 is 11.8 Å². The largest absolute Gasteiger partial charge is 0.469 e. The van der Waals surface area contributed by atoms with E-state index in [1.807, 2.05) is 24.3 Å². The molecule has 0 fully saturated rings. The fourth-order valence-electron chi connectivity index (χ4n) is 2.86. The van der Waals surface area contributed by atoms with E-state index in [-0.39, 0.29) is 17.7 Å². The van der Waals surface area contributed by atoms with Gasteiger partial charge < -0.3 is 9.84 Å². The van der Waals surface area contributed by atoms with Crippen LogP contribution in [-0.4, -0.2) is 30.1 Å². The third kappa shape index (κ3) is 8.82. The SMILES string of the molecule is CCCCC[C@H](O)/C=C/[C@H]1C=CC(=O)/C1=C/CCCCCC(=O)OC. The van der Waals surface area contributed by atoms with Gasteiger partial charge in [-0.25, -0.2) is 0 Å². The predicted molar refractivity (Wildman–Crippen MR) is 100 cm³/mol. The van der Waals surface area contributed by atoms with Crippen LogP contribution in [0.15, 0.2) is 36.0 Å². The Bertz CT molecular complexity index is 502. The van der Waals surface area contributed by atoms with Gasteiger partial charge in [0.2, 0.25) is 0 Å². The van der Waals surface area contributed by atoms with Crippen molar-refractivity contribution in [1.82, 2.24) is 0 Å². The zero-order valence-electron chi connectivity index (χ0n) is 15.6. The number of ketones is 1. The Morgan fingerprint density at radius 1 is 1.28 bits per heavy atom. The first kappa shape index (κ1) is 21.4. The van der Waals surface area contributed by atoms with Crippen molar-refractivity contribution in [3.63, 3.8) is 0 Å². The van der Waals surface area contributed by atoms with E-state index < -0.39 is 6.10 Å². The molecule has 0 unspecified atom stereocenters. The number of methoxy groups -OCH3 is 1. The molecule has 0 amide bonds. The number of rotatable bonds is 12. The molecule has 1 aliphatic rings. The van der Waals surface area contributed by atoms with Crippen LogP contribution in [0.5, 0.6) is 0 Å². The van der Waals surface area contributed by atoms with E-state index in [1.165, 1.54) is 7.11 Å². The van der Waals surface area contributed by atoms with Gasteiger partial charge in [0.15, 0.2) is 5.78 Å². The molecular weight excluding hydrogens is 316 g/mol. The molecule has 4 heteroatoms. The van der Waals surface area contributed by atoms with Gasteiger partial charge in [0.1, 0.15) is 0 Å². The second kappa shape index (κ2) is 12.6. The molecule has 0 saturated carbocycles. The first-order chi connectivity index (χ1) is 12.1. The minimum absolute atomic E-state index is 0.0246. The third-order valence-corrected chi connectivity index (χ3v) is 4.42. The Morgan fingerprint density at radius 2 is 2.08 bits per heavy atom. The van der Waals surface area contributed by atoms with E-state index >= 15 is 0 Å². The number of allylic oxidation sites excluding steroid dienone is 5. The topological polar surface area (TPSA) is 63.6 Å². The predicted octanol–water partition coefficient (Wildman–Crippen LogP) is 4.29. The molecule has 140 valence electrons. The number of aliphatic hydroxyl groups is 1. The number of ether oxygens (including phenoxy) is 1. The van der Waals surface area contributed by atoms with E-state index in [0.29, 0.717) is 6.42 Å². The molecule has 0 aliphatic heterocycles. The smallest absolute Gasteiger partial charge is 0.305 e.